The fourth-order valence-electron chi connectivity index (χ4n) is 5.11. The smallest absolute Gasteiger partial charge is 0.185 e. The molecule has 0 N–H and O–H groups in total. The summed E-state index contributed by atoms with van der Waals surface area (Å²) in [5, 5.41) is 20.9. The number of nitrogens with zero attached hydrogens (tertiary/aromatic N) is 3. The monoisotopic (exact) mass is 557 g/mol. The third-order valence-electron chi connectivity index (χ3n) is 6.50. The first-order chi connectivity index (χ1) is 16.0. The number of halogens is 2. The van der Waals surface area contributed by atoms with Crippen molar-refractivity contribution in [3.63, 3.8) is 0 Å². The largest absolute Gasteiger partial charge is 0.351 e. The van der Waals surface area contributed by atoms with E-state index in [1.807, 2.05) is 77.7 Å². The Balaban J connectivity index is 1.80. The van der Waals surface area contributed by atoms with Crippen LogP contribution in [0.2, 0.25) is 0 Å². The number of carbonyl (C=O) groups excluding carboxylic acids is 1. The summed E-state index contributed by atoms with van der Waals surface area (Å²) in [6.45, 7) is 0. The van der Waals surface area contributed by atoms with Crippen molar-refractivity contribution in [2.45, 2.75) is 18.0 Å². The van der Waals surface area contributed by atoms with Crippen LogP contribution in [0.5, 0.6) is 0 Å². The summed E-state index contributed by atoms with van der Waals surface area (Å²) in [5.74, 6) is -0.760. The molecular weight excluding hydrogens is 542 g/mol. The fourth-order valence-corrected chi connectivity index (χ4v) is 5.91. The molecule has 0 radical (unpaired) electrons. The summed E-state index contributed by atoms with van der Waals surface area (Å²) in [6, 6.07) is 25.9. The molecule has 33 heavy (non-hydrogen) atoms. The summed E-state index contributed by atoms with van der Waals surface area (Å²) < 4.78 is 1.75. The third kappa shape index (κ3) is 3.33. The highest BCUT2D eigenvalue weighted by Crippen LogP contribution is 2.55. The van der Waals surface area contributed by atoms with Gasteiger partial charge >= 0.3 is 0 Å². The van der Waals surface area contributed by atoms with Gasteiger partial charge in [0.25, 0.3) is 0 Å². The fraction of sp³-hybridized carbons (Fsp3) is 0.148. The van der Waals surface area contributed by atoms with Gasteiger partial charge in [-0.1, -0.05) is 86.5 Å². The van der Waals surface area contributed by atoms with Crippen LogP contribution in [0.1, 0.15) is 27.4 Å². The average molecular weight is 559 g/mol. The molecule has 3 aromatic rings. The van der Waals surface area contributed by atoms with E-state index in [0.717, 1.165) is 25.8 Å². The number of hydrogen-bond donors (Lipinski definition) is 0. The van der Waals surface area contributed by atoms with Gasteiger partial charge in [-0.2, -0.15) is 10.5 Å². The standard InChI is InChI=1S/C27H17Br2N3O/c28-20-8-4-7-19(14-20)24-25(26(33)17-5-2-1-3-6-17)32-22-11-10-21(29)13-18(22)9-12-23(32)27(24,15-30)16-31/h1-14,23-25H. The summed E-state index contributed by atoms with van der Waals surface area (Å²) in [6.07, 6.45) is 3.84. The van der Waals surface area contributed by atoms with Gasteiger partial charge in [-0.05, 0) is 41.5 Å². The summed E-state index contributed by atoms with van der Waals surface area (Å²) in [7, 11) is 0. The minimum atomic E-state index is -1.45. The average Bonchev–Trinajstić information content (AvgIpc) is 3.14. The molecule has 2 aliphatic heterocycles. The zero-order valence-corrected chi connectivity index (χ0v) is 20.5. The number of nitriles is 2. The van der Waals surface area contributed by atoms with E-state index in [4.69, 9.17) is 0 Å². The quantitative estimate of drug-likeness (QED) is 0.344. The van der Waals surface area contributed by atoms with Crippen LogP contribution < -0.4 is 4.90 Å². The number of ketones is 1. The highest BCUT2D eigenvalue weighted by atomic mass is 79.9. The molecule has 0 aliphatic carbocycles. The summed E-state index contributed by atoms with van der Waals surface area (Å²) in [5.41, 5.74) is 1.67. The van der Waals surface area contributed by atoms with E-state index < -0.39 is 23.4 Å². The molecule has 4 nitrogen and oxygen atoms in total. The number of anilines is 1. The summed E-state index contributed by atoms with van der Waals surface area (Å²) >= 11 is 7.04. The highest BCUT2D eigenvalue weighted by molar-refractivity contribution is 9.10. The van der Waals surface area contributed by atoms with Crippen molar-refractivity contribution in [1.82, 2.24) is 0 Å². The van der Waals surface area contributed by atoms with Gasteiger partial charge in [-0.15, -0.1) is 0 Å². The van der Waals surface area contributed by atoms with Crippen molar-refractivity contribution in [2.75, 3.05) is 4.90 Å². The van der Waals surface area contributed by atoms with Crippen LogP contribution in [0.25, 0.3) is 6.08 Å². The van der Waals surface area contributed by atoms with Crippen molar-refractivity contribution in [2.24, 2.45) is 5.41 Å². The van der Waals surface area contributed by atoms with Crippen molar-refractivity contribution >= 4 is 49.4 Å². The zero-order valence-electron chi connectivity index (χ0n) is 17.3. The molecule has 0 saturated carbocycles. The molecule has 2 heterocycles. The molecule has 5 rings (SSSR count). The van der Waals surface area contributed by atoms with Crippen LogP contribution in [-0.4, -0.2) is 17.9 Å². The molecule has 6 heteroatoms. The van der Waals surface area contributed by atoms with E-state index in [0.29, 0.717) is 5.56 Å². The van der Waals surface area contributed by atoms with Crippen LogP contribution in [0, 0.1) is 28.1 Å². The Labute approximate surface area is 209 Å². The predicted octanol–water partition coefficient (Wildman–Crippen LogP) is 6.50. The van der Waals surface area contributed by atoms with Gasteiger partial charge in [-0.3, -0.25) is 4.79 Å². The van der Waals surface area contributed by atoms with E-state index in [1.54, 1.807) is 12.1 Å². The second kappa shape index (κ2) is 8.30. The minimum Gasteiger partial charge on any atom is -0.351 e. The third-order valence-corrected chi connectivity index (χ3v) is 7.49. The van der Waals surface area contributed by atoms with Crippen LogP contribution in [0.15, 0.2) is 87.8 Å². The van der Waals surface area contributed by atoms with Gasteiger partial charge in [0.2, 0.25) is 0 Å². The second-order valence-electron chi connectivity index (χ2n) is 8.21. The molecular formula is C27H17Br2N3O. The molecule has 0 spiro atoms. The number of fused-ring (bicyclic) bond motifs is 3. The van der Waals surface area contributed by atoms with Gasteiger partial charge in [0.1, 0.15) is 6.04 Å². The van der Waals surface area contributed by atoms with Crippen molar-refractivity contribution in [3.8, 4) is 12.1 Å². The molecule has 3 unspecified atom stereocenters. The Morgan fingerprint density at radius 3 is 2.33 bits per heavy atom. The van der Waals surface area contributed by atoms with Gasteiger partial charge in [0, 0.05) is 26.1 Å². The first kappa shape index (κ1) is 21.6. The number of Topliss-reactive ketones (excluding diaryl/α,β-unsaturated/α-hetero) is 1. The maximum Gasteiger partial charge on any atom is 0.185 e. The van der Waals surface area contributed by atoms with Crippen molar-refractivity contribution in [3.05, 3.63) is 105 Å². The Morgan fingerprint density at radius 1 is 0.909 bits per heavy atom. The van der Waals surface area contributed by atoms with Crippen LogP contribution in [-0.2, 0) is 0 Å². The van der Waals surface area contributed by atoms with Gasteiger partial charge in [-0.25, -0.2) is 0 Å². The zero-order chi connectivity index (χ0) is 23.2. The Kier molecular flexibility index (Phi) is 5.44. The minimum absolute atomic E-state index is 0.109. The Hall–Kier alpha value is -3.19. The Morgan fingerprint density at radius 2 is 1.64 bits per heavy atom. The van der Waals surface area contributed by atoms with E-state index in [9.17, 15) is 15.3 Å². The molecule has 0 aromatic heterocycles. The van der Waals surface area contributed by atoms with E-state index in [1.165, 1.54) is 0 Å². The molecule has 0 amide bonds. The van der Waals surface area contributed by atoms with Crippen molar-refractivity contribution < 1.29 is 4.79 Å². The van der Waals surface area contributed by atoms with E-state index in [-0.39, 0.29) is 5.78 Å². The van der Waals surface area contributed by atoms with Crippen LogP contribution >= 0.6 is 31.9 Å². The lowest BCUT2D eigenvalue weighted by atomic mass is 9.69. The highest BCUT2D eigenvalue weighted by Gasteiger charge is 2.63. The molecule has 0 bridgehead atoms. The van der Waals surface area contributed by atoms with E-state index >= 15 is 0 Å². The molecule has 1 fully saturated rings. The maximum atomic E-state index is 14.1. The topological polar surface area (TPSA) is 67.9 Å². The summed E-state index contributed by atoms with van der Waals surface area (Å²) in [4.78, 5) is 16.0. The second-order valence-corrected chi connectivity index (χ2v) is 10.0. The first-order valence-electron chi connectivity index (χ1n) is 10.4. The first-order valence-corrected chi connectivity index (χ1v) is 12.0. The van der Waals surface area contributed by atoms with E-state index in [2.05, 4.69) is 44.0 Å². The Bertz CT molecular complexity index is 1360. The van der Waals surface area contributed by atoms with Gasteiger partial charge < -0.3 is 4.90 Å². The lowest BCUT2D eigenvalue weighted by Crippen LogP contribution is -2.44. The SMILES string of the molecule is N#CC1(C#N)C(c2cccc(Br)c2)C(C(=O)c2ccccc2)N2c3ccc(Br)cc3C=CC21. The molecule has 3 aromatic carbocycles. The molecule has 3 atom stereocenters. The lowest BCUT2D eigenvalue weighted by Gasteiger charge is -2.35. The van der Waals surface area contributed by atoms with Crippen molar-refractivity contribution in [1.29, 1.82) is 10.5 Å². The number of benzene rings is 3. The molecule has 1 saturated heterocycles. The van der Waals surface area contributed by atoms with Crippen LogP contribution in [0.4, 0.5) is 5.69 Å². The molecule has 2 aliphatic rings. The number of carbonyl (C=O) groups is 1. The lowest BCUT2D eigenvalue weighted by molar-refractivity contribution is 0.0951. The number of hydrogen-bond acceptors (Lipinski definition) is 4. The molecule has 160 valence electrons. The normalized spacial score (nSPS) is 22.1. The van der Waals surface area contributed by atoms with Gasteiger partial charge in [0.15, 0.2) is 11.2 Å². The maximum absolute atomic E-state index is 14.1. The van der Waals surface area contributed by atoms with Crippen LogP contribution in [0.3, 0.4) is 0 Å². The number of rotatable bonds is 3. The van der Waals surface area contributed by atoms with Gasteiger partial charge in [0.05, 0.1) is 18.2 Å². The predicted molar refractivity (Wildman–Crippen MR) is 135 cm³/mol.